The highest BCUT2D eigenvalue weighted by Crippen LogP contribution is 2.29. The third kappa shape index (κ3) is 4.92. The van der Waals surface area contributed by atoms with Crippen molar-refractivity contribution in [3.8, 4) is 0 Å². The molecular weight excluding hydrogens is 368 g/mol. The Morgan fingerprint density at radius 2 is 1.76 bits per heavy atom. The van der Waals surface area contributed by atoms with E-state index in [0.29, 0.717) is 19.1 Å². The highest BCUT2D eigenvalue weighted by molar-refractivity contribution is 5.79. The minimum absolute atomic E-state index is 0.112. The maximum Gasteiger partial charge on any atom is 0.271 e. The molecule has 152 valence electrons. The average molecular weight is 394 g/mol. The van der Waals surface area contributed by atoms with E-state index in [-0.39, 0.29) is 16.5 Å². The van der Waals surface area contributed by atoms with Crippen molar-refractivity contribution in [2.45, 2.75) is 25.4 Å². The highest BCUT2D eigenvalue weighted by Gasteiger charge is 2.33. The molecule has 0 aromatic heterocycles. The number of piperazine rings is 1. The fourth-order valence-electron chi connectivity index (χ4n) is 3.84. The van der Waals surface area contributed by atoms with Crippen LogP contribution in [-0.2, 0) is 11.3 Å². The number of hydrogen-bond donors (Lipinski definition) is 0. The summed E-state index contributed by atoms with van der Waals surface area (Å²) in [6.45, 7) is 4.19. The number of nitro groups is 1. The van der Waals surface area contributed by atoms with E-state index in [1.807, 2.05) is 29.2 Å². The average Bonchev–Trinajstić information content (AvgIpc) is 3.58. The maximum atomic E-state index is 13.0. The van der Waals surface area contributed by atoms with Gasteiger partial charge in [-0.15, -0.1) is 0 Å². The van der Waals surface area contributed by atoms with Gasteiger partial charge in [-0.1, -0.05) is 36.4 Å². The zero-order valence-corrected chi connectivity index (χ0v) is 16.4. The first-order chi connectivity index (χ1) is 14.1. The molecule has 2 aromatic carbocycles. The van der Waals surface area contributed by atoms with Gasteiger partial charge in [0.15, 0.2) is 0 Å². The van der Waals surface area contributed by atoms with Crippen LogP contribution in [-0.4, -0.2) is 59.4 Å². The lowest BCUT2D eigenvalue weighted by Crippen LogP contribution is -2.50. The molecule has 2 fully saturated rings. The Morgan fingerprint density at radius 1 is 1.03 bits per heavy atom. The summed E-state index contributed by atoms with van der Waals surface area (Å²) in [7, 11) is 0. The molecule has 1 amide bonds. The number of nitro benzene ring substituents is 1. The van der Waals surface area contributed by atoms with E-state index in [9.17, 15) is 14.9 Å². The van der Waals surface area contributed by atoms with Crippen LogP contribution in [0, 0.1) is 10.1 Å². The van der Waals surface area contributed by atoms with Crippen molar-refractivity contribution >= 4 is 17.3 Å². The first kappa shape index (κ1) is 19.4. The number of amides is 1. The fraction of sp³-hybridized carbons (Fsp3) is 0.409. The van der Waals surface area contributed by atoms with E-state index >= 15 is 0 Å². The summed E-state index contributed by atoms with van der Waals surface area (Å²) in [6.07, 6.45) is 2.19. The normalized spacial score (nSPS) is 17.2. The Morgan fingerprint density at radius 3 is 2.41 bits per heavy atom. The molecule has 1 heterocycles. The van der Waals surface area contributed by atoms with Crippen molar-refractivity contribution in [3.05, 3.63) is 70.3 Å². The molecule has 1 aliphatic heterocycles. The number of non-ortho nitro benzene ring substituents is 1. The lowest BCUT2D eigenvalue weighted by atomic mass is 10.2. The Hall–Kier alpha value is -2.93. The van der Waals surface area contributed by atoms with Crippen LogP contribution in [0.1, 0.15) is 18.4 Å². The van der Waals surface area contributed by atoms with E-state index in [1.165, 1.54) is 11.6 Å². The first-order valence-corrected chi connectivity index (χ1v) is 10.2. The van der Waals surface area contributed by atoms with Gasteiger partial charge in [0.1, 0.15) is 0 Å². The van der Waals surface area contributed by atoms with Crippen LogP contribution in [0.25, 0.3) is 0 Å². The molecule has 7 heteroatoms. The van der Waals surface area contributed by atoms with E-state index in [2.05, 4.69) is 21.9 Å². The van der Waals surface area contributed by atoms with Gasteiger partial charge in [0.05, 0.1) is 11.5 Å². The molecule has 0 bridgehead atoms. The SMILES string of the molecule is O=C(CN1CCN(c2cccc([N+](=O)[O-])c2)CC1)N(Cc1ccccc1)C1CC1. The number of anilines is 1. The molecule has 4 rings (SSSR count). The molecule has 0 atom stereocenters. The van der Waals surface area contributed by atoms with Gasteiger partial charge >= 0.3 is 0 Å². The van der Waals surface area contributed by atoms with Crippen LogP contribution in [0.15, 0.2) is 54.6 Å². The molecule has 0 radical (unpaired) electrons. The van der Waals surface area contributed by atoms with Gasteiger partial charge in [0.25, 0.3) is 5.69 Å². The lowest BCUT2D eigenvalue weighted by molar-refractivity contribution is -0.384. The molecule has 1 saturated carbocycles. The van der Waals surface area contributed by atoms with Crippen LogP contribution < -0.4 is 4.90 Å². The highest BCUT2D eigenvalue weighted by atomic mass is 16.6. The summed E-state index contributed by atoms with van der Waals surface area (Å²) in [5, 5.41) is 11.0. The predicted octanol–water partition coefficient (Wildman–Crippen LogP) is 2.91. The smallest absolute Gasteiger partial charge is 0.271 e. The van der Waals surface area contributed by atoms with Gasteiger partial charge in [-0.25, -0.2) is 0 Å². The van der Waals surface area contributed by atoms with Gasteiger partial charge in [0, 0.05) is 56.6 Å². The van der Waals surface area contributed by atoms with Gasteiger partial charge in [-0.05, 0) is 24.5 Å². The largest absolute Gasteiger partial charge is 0.369 e. The van der Waals surface area contributed by atoms with Crippen molar-refractivity contribution in [2.75, 3.05) is 37.6 Å². The van der Waals surface area contributed by atoms with Crippen molar-refractivity contribution in [3.63, 3.8) is 0 Å². The number of nitrogens with zero attached hydrogens (tertiary/aromatic N) is 4. The fourth-order valence-corrected chi connectivity index (χ4v) is 3.84. The molecule has 0 spiro atoms. The second kappa shape index (κ2) is 8.61. The minimum atomic E-state index is -0.363. The van der Waals surface area contributed by atoms with Crippen LogP contribution in [0.4, 0.5) is 11.4 Å². The van der Waals surface area contributed by atoms with Crippen molar-refractivity contribution in [1.29, 1.82) is 0 Å². The summed E-state index contributed by atoms with van der Waals surface area (Å²) in [6, 6.07) is 17.3. The topological polar surface area (TPSA) is 69.9 Å². The van der Waals surface area contributed by atoms with Crippen molar-refractivity contribution in [1.82, 2.24) is 9.80 Å². The Kier molecular flexibility index (Phi) is 5.76. The van der Waals surface area contributed by atoms with Gasteiger partial charge < -0.3 is 9.80 Å². The summed E-state index contributed by atoms with van der Waals surface area (Å²) < 4.78 is 0. The van der Waals surface area contributed by atoms with Crippen LogP contribution in [0.5, 0.6) is 0 Å². The number of carbonyl (C=O) groups excluding carboxylic acids is 1. The zero-order valence-electron chi connectivity index (χ0n) is 16.4. The number of hydrogen-bond acceptors (Lipinski definition) is 5. The molecule has 1 saturated heterocycles. The Labute approximate surface area is 170 Å². The predicted molar refractivity (Wildman–Crippen MR) is 112 cm³/mol. The summed E-state index contributed by atoms with van der Waals surface area (Å²) >= 11 is 0. The molecule has 2 aromatic rings. The molecular formula is C22H26N4O3. The van der Waals surface area contributed by atoms with E-state index < -0.39 is 0 Å². The lowest BCUT2D eigenvalue weighted by Gasteiger charge is -2.36. The number of carbonyl (C=O) groups is 1. The third-order valence-corrected chi connectivity index (χ3v) is 5.64. The molecule has 29 heavy (non-hydrogen) atoms. The van der Waals surface area contributed by atoms with Crippen LogP contribution in [0.2, 0.25) is 0 Å². The summed E-state index contributed by atoms with van der Waals surface area (Å²) in [4.78, 5) is 30.0. The summed E-state index contributed by atoms with van der Waals surface area (Å²) in [5.74, 6) is 0.195. The second-order valence-electron chi connectivity index (χ2n) is 7.78. The van der Waals surface area contributed by atoms with Gasteiger partial charge in [0.2, 0.25) is 5.91 Å². The standard InChI is InChI=1S/C22H26N4O3/c27-22(25(19-9-10-19)16-18-5-2-1-3-6-18)17-23-11-13-24(14-12-23)20-7-4-8-21(15-20)26(28)29/h1-8,15,19H,9-14,16-17H2. The van der Waals surface area contributed by atoms with Crippen molar-refractivity contribution in [2.24, 2.45) is 0 Å². The first-order valence-electron chi connectivity index (χ1n) is 10.2. The monoisotopic (exact) mass is 394 g/mol. The molecule has 7 nitrogen and oxygen atoms in total. The Balaban J connectivity index is 1.32. The van der Waals surface area contributed by atoms with E-state index in [0.717, 1.165) is 44.7 Å². The molecule has 2 aliphatic rings. The van der Waals surface area contributed by atoms with Crippen LogP contribution in [0.3, 0.4) is 0 Å². The Bertz CT molecular complexity index is 861. The number of rotatable bonds is 7. The second-order valence-corrected chi connectivity index (χ2v) is 7.78. The minimum Gasteiger partial charge on any atom is -0.369 e. The zero-order chi connectivity index (χ0) is 20.2. The van der Waals surface area contributed by atoms with Crippen LogP contribution >= 0.6 is 0 Å². The summed E-state index contributed by atoms with van der Waals surface area (Å²) in [5.41, 5.74) is 2.15. The van der Waals surface area contributed by atoms with Gasteiger partial charge in [-0.2, -0.15) is 0 Å². The molecule has 0 N–H and O–H groups in total. The number of benzene rings is 2. The maximum absolute atomic E-state index is 13.0. The molecule has 1 aliphatic carbocycles. The quantitative estimate of drug-likeness (QED) is 0.533. The third-order valence-electron chi connectivity index (χ3n) is 5.64. The van der Waals surface area contributed by atoms with Gasteiger partial charge in [-0.3, -0.25) is 19.8 Å². The van der Waals surface area contributed by atoms with E-state index in [4.69, 9.17) is 0 Å². The van der Waals surface area contributed by atoms with E-state index in [1.54, 1.807) is 12.1 Å². The van der Waals surface area contributed by atoms with Crippen molar-refractivity contribution < 1.29 is 9.72 Å². The molecule has 0 unspecified atom stereocenters.